The summed E-state index contributed by atoms with van der Waals surface area (Å²) in [6.07, 6.45) is 1.26. The summed E-state index contributed by atoms with van der Waals surface area (Å²) in [6, 6.07) is 11.9. The van der Waals surface area contributed by atoms with Crippen LogP contribution in [0.4, 0.5) is 0 Å². The largest absolute Gasteiger partial charge is 0.477 e. The lowest BCUT2D eigenvalue weighted by Crippen LogP contribution is -2.15. The van der Waals surface area contributed by atoms with Crippen LogP contribution >= 0.6 is 0 Å². The van der Waals surface area contributed by atoms with Crippen molar-refractivity contribution in [3.63, 3.8) is 0 Å². The molecule has 0 unspecified atom stereocenters. The summed E-state index contributed by atoms with van der Waals surface area (Å²) in [6.45, 7) is 1.91. The number of fused-ring (bicyclic) bond motifs is 2. The summed E-state index contributed by atoms with van der Waals surface area (Å²) in [5.74, 6) is -1.22. The fourth-order valence-corrected chi connectivity index (χ4v) is 3.31. The molecule has 0 saturated carbocycles. The van der Waals surface area contributed by atoms with Gasteiger partial charge in [-0.25, -0.2) is 4.79 Å². The minimum absolute atomic E-state index is 0.240. The molecule has 5 nitrogen and oxygen atoms in total. The highest BCUT2D eigenvalue weighted by atomic mass is 16.4. The van der Waals surface area contributed by atoms with E-state index >= 15 is 0 Å². The third-order valence-corrected chi connectivity index (χ3v) is 4.53. The van der Waals surface area contributed by atoms with Crippen molar-refractivity contribution in [2.75, 3.05) is 7.05 Å². The second kappa shape index (κ2) is 5.32. The number of carboxylic acids is 1. The summed E-state index contributed by atoms with van der Waals surface area (Å²) < 4.78 is 0. The molecule has 3 aromatic rings. The van der Waals surface area contributed by atoms with Gasteiger partial charge in [-0.15, -0.1) is 0 Å². The number of nitrogens with zero attached hydrogens (tertiary/aromatic N) is 1. The van der Waals surface area contributed by atoms with Gasteiger partial charge in [-0.3, -0.25) is 9.69 Å². The molecule has 0 saturated heterocycles. The van der Waals surface area contributed by atoms with Crippen LogP contribution in [0.15, 0.2) is 47.4 Å². The van der Waals surface area contributed by atoms with E-state index in [0.717, 1.165) is 24.2 Å². The molecule has 1 aliphatic rings. The number of carbonyl (C=O) groups is 1. The Morgan fingerprint density at radius 1 is 1.08 bits per heavy atom. The summed E-state index contributed by atoms with van der Waals surface area (Å²) >= 11 is 0. The van der Waals surface area contributed by atoms with E-state index in [9.17, 15) is 9.59 Å². The zero-order valence-electron chi connectivity index (χ0n) is 13.2. The van der Waals surface area contributed by atoms with E-state index in [2.05, 4.69) is 35.1 Å². The number of H-pyrrole nitrogens is 1. The number of rotatable bonds is 2. The summed E-state index contributed by atoms with van der Waals surface area (Å²) in [4.78, 5) is 28.5. The quantitative estimate of drug-likeness (QED) is 0.761. The molecule has 0 fully saturated rings. The van der Waals surface area contributed by atoms with Gasteiger partial charge in [0.15, 0.2) is 0 Å². The molecule has 120 valence electrons. The van der Waals surface area contributed by atoms with E-state index in [-0.39, 0.29) is 5.56 Å². The van der Waals surface area contributed by atoms with Crippen molar-refractivity contribution in [3.8, 4) is 11.1 Å². The molecule has 0 bridgehead atoms. The standard InChI is InChI=1S/C19H16N2O3/c1-21-9-13-3-2-11(6-14(13)10-21)12-4-5-15-17(7-12)20-8-16(18(15)22)19(23)24/h2-8H,9-10H2,1H3,(H,20,22)(H,23,24). The predicted octanol–water partition coefficient (Wildman–Crippen LogP) is 2.84. The summed E-state index contributed by atoms with van der Waals surface area (Å²) in [7, 11) is 2.10. The maximum absolute atomic E-state index is 12.2. The van der Waals surface area contributed by atoms with E-state index in [4.69, 9.17) is 5.11 Å². The minimum Gasteiger partial charge on any atom is -0.477 e. The zero-order chi connectivity index (χ0) is 16.8. The lowest BCUT2D eigenvalue weighted by molar-refractivity contribution is 0.0695. The molecular weight excluding hydrogens is 304 g/mol. The number of aromatic carboxylic acids is 1. The summed E-state index contributed by atoms with van der Waals surface area (Å²) in [5, 5.41) is 9.43. The normalized spacial score (nSPS) is 14.0. The topological polar surface area (TPSA) is 73.4 Å². The van der Waals surface area contributed by atoms with Crippen molar-refractivity contribution in [1.82, 2.24) is 9.88 Å². The van der Waals surface area contributed by atoms with Gasteiger partial charge in [0.2, 0.25) is 5.43 Å². The van der Waals surface area contributed by atoms with Gasteiger partial charge in [0, 0.05) is 30.2 Å². The van der Waals surface area contributed by atoms with Gasteiger partial charge in [-0.1, -0.05) is 18.2 Å². The van der Waals surface area contributed by atoms with Gasteiger partial charge in [0.25, 0.3) is 0 Å². The van der Waals surface area contributed by atoms with Crippen LogP contribution < -0.4 is 5.43 Å². The third-order valence-electron chi connectivity index (χ3n) is 4.53. The lowest BCUT2D eigenvalue weighted by Gasteiger charge is -2.07. The predicted molar refractivity (Wildman–Crippen MR) is 92.1 cm³/mol. The molecule has 5 heteroatoms. The molecule has 0 radical (unpaired) electrons. The average Bonchev–Trinajstić information content (AvgIpc) is 2.93. The molecule has 1 aliphatic heterocycles. The van der Waals surface area contributed by atoms with Crippen LogP contribution in [0.3, 0.4) is 0 Å². The van der Waals surface area contributed by atoms with Crippen LogP contribution in [0, 0.1) is 0 Å². The second-order valence-electron chi connectivity index (χ2n) is 6.25. The van der Waals surface area contributed by atoms with Gasteiger partial charge in [-0.05, 0) is 47.5 Å². The highest BCUT2D eigenvalue weighted by molar-refractivity contribution is 5.93. The zero-order valence-corrected chi connectivity index (χ0v) is 13.2. The number of nitrogens with one attached hydrogen (secondary N) is 1. The van der Waals surface area contributed by atoms with Crippen LogP contribution in [0.25, 0.3) is 22.0 Å². The van der Waals surface area contributed by atoms with Crippen LogP contribution in [0.5, 0.6) is 0 Å². The van der Waals surface area contributed by atoms with Crippen LogP contribution in [0.2, 0.25) is 0 Å². The fraction of sp³-hybridized carbons (Fsp3) is 0.158. The second-order valence-corrected chi connectivity index (χ2v) is 6.25. The molecule has 0 atom stereocenters. The molecule has 4 rings (SSSR count). The molecule has 2 heterocycles. The number of hydrogen-bond donors (Lipinski definition) is 2. The minimum atomic E-state index is -1.22. The SMILES string of the molecule is CN1Cc2ccc(-c3ccc4c(=O)c(C(=O)O)c[nH]c4c3)cc2C1. The molecule has 2 aromatic carbocycles. The average molecular weight is 320 g/mol. The molecule has 24 heavy (non-hydrogen) atoms. The Morgan fingerprint density at radius 3 is 2.58 bits per heavy atom. The molecule has 1 aromatic heterocycles. The van der Waals surface area contributed by atoms with Crippen LogP contribution in [-0.2, 0) is 13.1 Å². The van der Waals surface area contributed by atoms with Gasteiger partial charge in [-0.2, -0.15) is 0 Å². The van der Waals surface area contributed by atoms with Gasteiger partial charge in [0.1, 0.15) is 5.56 Å². The highest BCUT2D eigenvalue weighted by Gasteiger charge is 2.16. The molecular formula is C19H16N2O3. The first kappa shape index (κ1) is 14.7. The van der Waals surface area contributed by atoms with Crippen molar-refractivity contribution >= 4 is 16.9 Å². The molecule has 0 aliphatic carbocycles. The number of aromatic amines is 1. The summed E-state index contributed by atoms with van der Waals surface area (Å²) in [5.41, 5.74) is 4.70. The Balaban J connectivity index is 1.82. The van der Waals surface area contributed by atoms with Crippen LogP contribution in [-0.4, -0.2) is 28.0 Å². The molecule has 0 spiro atoms. The van der Waals surface area contributed by atoms with Crippen molar-refractivity contribution in [3.05, 3.63) is 69.5 Å². The van der Waals surface area contributed by atoms with E-state index in [0.29, 0.717) is 10.9 Å². The Morgan fingerprint density at radius 2 is 1.79 bits per heavy atom. The number of benzene rings is 2. The Hall–Kier alpha value is -2.92. The Kier molecular flexibility index (Phi) is 3.25. The monoisotopic (exact) mass is 320 g/mol. The first-order chi connectivity index (χ1) is 11.5. The maximum Gasteiger partial charge on any atom is 0.341 e. The molecule has 2 N–H and O–H groups in total. The van der Waals surface area contributed by atoms with Gasteiger partial charge in [0.05, 0.1) is 0 Å². The molecule has 0 amide bonds. The lowest BCUT2D eigenvalue weighted by atomic mass is 9.99. The van der Waals surface area contributed by atoms with Gasteiger partial charge >= 0.3 is 5.97 Å². The fourth-order valence-electron chi connectivity index (χ4n) is 3.31. The van der Waals surface area contributed by atoms with E-state index < -0.39 is 11.4 Å². The first-order valence-corrected chi connectivity index (χ1v) is 7.72. The van der Waals surface area contributed by atoms with Crippen molar-refractivity contribution in [1.29, 1.82) is 0 Å². The van der Waals surface area contributed by atoms with Gasteiger partial charge < -0.3 is 10.1 Å². The third kappa shape index (κ3) is 2.30. The van der Waals surface area contributed by atoms with Crippen molar-refractivity contribution < 1.29 is 9.90 Å². The van der Waals surface area contributed by atoms with E-state index in [1.807, 2.05) is 12.1 Å². The van der Waals surface area contributed by atoms with Crippen molar-refractivity contribution in [2.24, 2.45) is 0 Å². The highest BCUT2D eigenvalue weighted by Crippen LogP contribution is 2.28. The Labute approximate surface area is 138 Å². The number of hydrogen-bond acceptors (Lipinski definition) is 3. The first-order valence-electron chi connectivity index (χ1n) is 7.72. The number of carboxylic acid groups (broad SMARTS) is 1. The number of pyridine rings is 1. The van der Waals surface area contributed by atoms with E-state index in [1.54, 1.807) is 6.07 Å². The number of aromatic nitrogens is 1. The van der Waals surface area contributed by atoms with Crippen molar-refractivity contribution in [2.45, 2.75) is 13.1 Å². The Bertz CT molecular complexity index is 1040. The maximum atomic E-state index is 12.2. The smallest absolute Gasteiger partial charge is 0.341 e. The van der Waals surface area contributed by atoms with E-state index in [1.165, 1.54) is 17.3 Å². The van der Waals surface area contributed by atoms with Crippen LogP contribution in [0.1, 0.15) is 21.5 Å².